The van der Waals surface area contributed by atoms with Crippen molar-refractivity contribution in [2.75, 3.05) is 0 Å². The molecule has 0 amide bonds. The third-order valence-corrected chi connectivity index (χ3v) is 4.58. The second kappa shape index (κ2) is 5.86. The molecule has 1 aliphatic rings. The number of halogens is 1. The molecule has 2 heterocycles. The number of hydrogen-bond acceptors (Lipinski definition) is 4. The highest BCUT2D eigenvalue weighted by atomic mass is 19.1. The number of hydrogen-bond donors (Lipinski definition) is 0. The Kier molecular flexibility index (Phi) is 4.14. The Hall–Kier alpha value is -1.92. The van der Waals surface area contributed by atoms with E-state index >= 15 is 0 Å². The van der Waals surface area contributed by atoms with Crippen LogP contribution in [0.15, 0.2) is 36.5 Å². The predicted molar refractivity (Wildman–Crippen MR) is 91.2 cm³/mol. The van der Waals surface area contributed by atoms with E-state index in [9.17, 15) is 4.39 Å². The smallest absolute Gasteiger partial charge is 0.457 e. The number of ether oxygens (including phenoxy) is 1. The highest BCUT2D eigenvalue weighted by Gasteiger charge is 2.52. The highest BCUT2D eigenvalue weighted by molar-refractivity contribution is 6.62. The van der Waals surface area contributed by atoms with Crippen LogP contribution in [0.3, 0.4) is 0 Å². The van der Waals surface area contributed by atoms with Gasteiger partial charge in [0, 0.05) is 29.5 Å². The second-order valence-electron chi connectivity index (χ2n) is 7.01. The van der Waals surface area contributed by atoms with Crippen molar-refractivity contribution in [2.24, 2.45) is 0 Å². The van der Waals surface area contributed by atoms with Crippen LogP contribution in [0.2, 0.25) is 0 Å². The van der Waals surface area contributed by atoms with Crippen molar-refractivity contribution in [1.82, 2.24) is 4.98 Å². The molecule has 0 N–H and O–H groups in total. The van der Waals surface area contributed by atoms with Crippen LogP contribution in [0.4, 0.5) is 4.39 Å². The Balaban J connectivity index is 1.81. The molecular weight excluding hydrogens is 308 g/mol. The first kappa shape index (κ1) is 16.9. The molecule has 1 fully saturated rings. The van der Waals surface area contributed by atoms with Gasteiger partial charge in [0.15, 0.2) is 0 Å². The van der Waals surface area contributed by atoms with Crippen LogP contribution in [0.25, 0.3) is 0 Å². The summed E-state index contributed by atoms with van der Waals surface area (Å²) in [5, 5.41) is 0. The van der Waals surface area contributed by atoms with Gasteiger partial charge in [-0.1, -0.05) is 6.07 Å². The van der Waals surface area contributed by atoms with E-state index in [0.717, 1.165) is 5.69 Å². The van der Waals surface area contributed by atoms with Crippen LogP contribution in [-0.4, -0.2) is 23.3 Å². The molecule has 1 aromatic carbocycles. The van der Waals surface area contributed by atoms with Crippen LogP contribution in [0, 0.1) is 12.7 Å². The fraction of sp³-hybridized carbons (Fsp3) is 0.389. The Bertz CT molecular complexity index is 748. The number of aryl methyl sites for hydroxylation is 1. The first-order valence-corrected chi connectivity index (χ1v) is 7.93. The molecule has 0 unspecified atom stereocenters. The zero-order chi connectivity index (χ0) is 17.5. The van der Waals surface area contributed by atoms with E-state index in [0.29, 0.717) is 17.0 Å². The molecular formula is C18H21BFNO3. The molecule has 0 aliphatic carbocycles. The van der Waals surface area contributed by atoms with Crippen LogP contribution >= 0.6 is 0 Å². The Labute approximate surface area is 142 Å². The third kappa shape index (κ3) is 3.16. The average molecular weight is 329 g/mol. The molecule has 0 bridgehead atoms. The quantitative estimate of drug-likeness (QED) is 0.807. The molecule has 0 saturated carbocycles. The zero-order valence-corrected chi connectivity index (χ0v) is 14.6. The summed E-state index contributed by atoms with van der Waals surface area (Å²) in [4.78, 5) is 4.11. The fourth-order valence-corrected chi connectivity index (χ4v) is 2.45. The third-order valence-electron chi connectivity index (χ3n) is 4.58. The van der Waals surface area contributed by atoms with Gasteiger partial charge in [-0.05, 0) is 46.8 Å². The van der Waals surface area contributed by atoms with Crippen LogP contribution in [0.5, 0.6) is 11.5 Å². The maximum Gasteiger partial charge on any atom is 0.497 e. The van der Waals surface area contributed by atoms with Crippen molar-refractivity contribution in [3.05, 3.63) is 48.0 Å². The van der Waals surface area contributed by atoms with Crippen LogP contribution in [0.1, 0.15) is 33.4 Å². The summed E-state index contributed by atoms with van der Waals surface area (Å²) in [5.41, 5.74) is 0.190. The van der Waals surface area contributed by atoms with Gasteiger partial charge in [-0.3, -0.25) is 4.98 Å². The molecule has 126 valence electrons. The second-order valence-corrected chi connectivity index (χ2v) is 7.01. The van der Waals surface area contributed by atoms with Gasteiger partial charge in [0.1, 0.15) is 17.3 Å². The number of aromatic nitrogens is 1. The first-order valence-electron chi connectivity index (χ1n) is 7.93. The normalized spacial score (nSPS) is 18.7. The number of nitrogens with zero attached hydrogens (tertiary/aromatic N) is 1. The Morgan fingerprint density at radius 2 is 1.62 bits per heavy atom. The number of rotatable bonds is 3. The molecule has 0 spiro atoms. The minimum atomic E-state index is -0.729. The largest absolute Gasteiger partial charge is 0.497 e. The van der Waals surface area contributed by atoms with Crippen molar-refractivity contribution in [3.8, 4) is 11.5 Å². The van der Waals surface area contributed by atoms with Crippen molar-refractivity contribution in [2.45, 2.75) is 45.8 Å². The highest BCUT2D eigenvalue weighted by Crippen LogP contribution is 2.36. The minimum absolute atomic E-state index is 0.368. The van der Waals surface area contributed by atoms with Gasteiger partial charge in [0.2, 0.25) is 0 Å². The number of benzene rings is 1. The van der Waals surface area contributed by atoms with Gasteiger partial charge in [-0.25, -0.2) is 4.39 Å². The lowest BCUT2D eigenvalue weighted by Gasteiger charge is -2.32. The molecule has 24 heavy (non-hydrogen) atoms. The SMILES string of the molecule is Cc1cc(Oc2ccc(B3OC(C)(C)C(C)(C)O3)c(F)c2)ccn1. The molecule has 1 aromatic heterocycles. The monoisotopic (exact) mass is 329 g/mol. The summed E-state index contributed by atoms with van der Waals surface area (Å²) in [6.07, 6.45) is 1.65. The summed E-state index contributed by atoms with van der Waals surface area (Å²) in [6, 6.07) is 8.21. The Morgan fingerprint density at radius 1 is 1.00 bits per heavy atom. The van der Waals surface area contributed by atoms with Crippen molar-refractivity contribution in [3.63, 3.8) is 0 Å². The van der Waals surface area contributed by atoms with Crippen molar-refractivity contribution >= 4 is 12.6 Å². The van der Waals surface area contributed by atoms with Gasteiger partial charge >= 0.3 is 7.12 Å². The lowest BCUT2D eigenvalue weighted by Crippen LogP contribution is -2.41. The summed E-state index contributed by atoms with van der Waals surface area (Å²) in [5.74, 6) is 0.612. The fourth-order valence-electron chi connectivity index (χ4n) is 2.45. The maximum atomic E-state index is 14.5. The molecule has 0 atom stereocenters. The predicted octanol–water partition coefficient (Wildman–Crippen LogP) is 3.62. The molecule has 1 aliphatic heterocycles. The zero-order valence-electron chi connectivity index (χ0n) is 14.6. The summed E-state index contributed by atoms with van der Waals surface area (Å²) in [6.45, 7) is 9.62. The van der Waals surface area contributed by atoms with E-state index in [1.165, 1.54) is 6.07 Å². The maximum absolute atomic E-state index is 14.5. The van der Waals surface area contributed by atoms with E-state index in [1.54, 1.807) is 30.5 Å². The van der Waals surface area contributed by atoms with Crippen molar-refractivity contribution < 1.29 is 18.4 Å². The standard InChI is InChI=1S/C18H21BFNO3/c1-12-10-14(8-9-21-12)22-13-6-7-15(16(20)11-13)19-23-17(2,3)18(4,5)24-19/h6-11H,1-5H3. The van der Waals surface area contributed by atoms with E-state index in [4.69, 9.17) is 14.0 Å². The van der Waals surface area contributed by atoms with E-state index < -0.39 is 24.1 Å². The van der Waals surface area contributed by atoms with Gasteiger partial charge in [0.05, 0.1) is 11.2 Å². The van der Waals surface area contributed by atoms with Gasteiger partial charge in [-0.2, -0.15) is 0 Å². The number of pyridine rings is 1. The molecule has 4 nitrogen and oxygen atoms in total. The minimum Gasteiger partial charge on any atom is -0.457 e. The van der Waals surface area contributed by atoms with E-state index in [2.05, 4.69) is 4.98 Å². The van der Waals surface area contributed by atoms with E-state index in [1.807, 2.05) is 34.6 Å². The van der Waals surface area contributed by atoms with Gasteiger partial charge in [-0.15, -0.1) is 0 Å². The summed E-state index contributed by atoms with van der Waals surface area (Å²) < 4.78 is 32.0. The lowest BCUT2D eigenvalue weighted by atomic mass is 9.78. The first-order chi connectivity index (χ1) is 11.2. The average Bonchev–Trinajstić information content (AvgIpc) is 2.67. The molecule has 1 saturated heterocycles. The van der Waals surface area contributed by atoms with E-state index in [-0.39, 0.29) is 0 Å². The molecule has 0 radical (unpaired) electrons. The molecule has 2 aromatic rings. The molecule has 6 heteroatoms. The van der Waals surface area contributed by atoms with Crippen molar-refractivity contribution in [1.29, 1.82) is 0 Å². The topological polar surface area (TPSA) is 40.6 Å². The lowest BCUT2D eigenvalue weighted by molar-refractivity contribution is 0.00578. The summed E-state index contributed by atoms with van der Waals surface area (Å²) >= 11 is 0. The van der Waals surface area contributed by atoms with Gasteiger partial charge in [0.25, 0.3) is 0 Å². The summed E-state index contributed by atoms with van der Waals surface area (Å²) in [7, 11) is -0.729. The van der Waals surface area contributed by atoms with Crippen LogP contribution < -0.4 is 10.2 Å². The van der Waals surface area contributed by atoms with Gasteiger partial charge < -0.3 is 14.0 Å². The molecule has 3 rings (SSSR count). The Morgan fingerprint density at radius 3 is 2.21 bits per heavy atom. The van der Waals surface area contributed by atoms with Crippen LogP contribution in [-0.2, 0) is 9.31 Å².